The first kappa shape index (κ1) is 49.1. The molecule has 0 bridgehead atoms. The van der Waals surface area contributed by atoms with E-state index in [1.807, 2.05) is 12.1 Å². The minimum Gasteiger partial charge on any atom is -0.490 e. The van der Waals surface area contributed by atoms with Crippen molar-refractivity contribution in [1.29, 1.82) is 0 Å². The van der Waals surface area contributed by atoms with Gasteiger partial charge in [0.05, 0.1) is 19.8 Å². The molecule has 7 heteroatoms. The van der Waals surface area contributed by atoms with Crippen LogP contribution in [0.2, 0.25) is 0 Å². The Bertz CT molecular complexity index is 1180. The first-order valence-electron chi connectivity index (χ1n) is 23.5. The molecule has 0 atom stereocenters. The molecule has 0 radical (unpaired) electrons. The third-order valence-corrected chi connectivity index (χ3v) is 10.8. The molecule has 320 valence electrons. The maximum absolute atomic E-state index is 13.7. The van der Waals surface area contributed by atoms with Crippen LogP contribution in [0.1, 0.15) is 224 Å². The van der Waals surface area contributed by atoms with Crippen LogP contribution < -0.4 is 31.0 Å². The van der Waals surface area contributed by atoms with Gasteiger partial charge in [0.2, 0.25) is 5.75 Å². The highest BCUT2D eigenvalue weighted by Gasteiger charge is 2.20. The maximum Gasteiger partial charge on any atom is 0.255 e. The fourth-order valence-electron chi connectivity index (χ4n) is 7.32. The second kappa shape index (κ2) is 34.0. The van der Waals surface area contributed by atoms with Crippen molar-refractivity contribution in [2.24, 2.45) is 0 Å². The molecule has 56 heavy (non-hydrogen) atoms. The van der Waals surface area contributed by atoms with Gasteiger partial charge in [-0.05, 0) is 49.6 Å². The molecule has 2 aromatic carbocycles. The predicted molar refractivity (Wildman–Crippen MR) is 242 cm³/mol. The molecule has 5 N–H and O–H groups in total. The Balaban J connectivity index is 2.08. The fraction of sp³-hybridized carbons (Fsp3) is 0.735. The molecule has 2 rings (SSSR count). The van der Waals surface area contributed by atoms with Crippen LogP contribution >= 0.6 is 0 Å². The minimum absolute atomic E-state index is 0.274. The molecular formula is C49H85N3O4. The smallest absolute Gasteiger partial charge is 0.255 e. The third kappa shape index (κ3) is 24.5. The molecule has 0 heterocycles. The molecule has 0 unspecified atom stereocenters. The lowest BCUT2D eigenvalue weighted by Gasteiger charge is -2.19. The zero-order valence-corrected chi connectivity index (χ0v) is 36.5. The van der Waals surface area contributed by atoms with E-state index < -0.39 is 0 Å². The van der Waals surface area contributed by atoms with Crippen molar-refractivity contribution in [2.75, 3.05) is 36.6 Å². The first-order chi connectivity index (χ1) is 27.5. The maximum atomic E-state index is 13.7. The number of carbonyl (C=O) groups is 1. The van der Waals surface area contributed by atoms with Crippen LogP contribution in [0.15, 0.2) is 30.3 Å². The van der Waals surface area contributed by atoms with Gasteiger partial charge in [0, 0.05) is 22.6 Å². The average molecular weight is 780 g/mol. The summed E-state index contributed by atoms with van der Waals surface area (Å²) >= 11 is 0. The number of nitrogens with two attached hydrogens (primary N) is 2. The van der Waals surface area contributed by atoms with Gasteiger partial charge in [0.25, 0.3) is 5.91 Å². The second-order valence-corrected chi connectivity index (χ2v) is 16.2. The number of benzene rings is 2. The zero-order chi connectivity index (χ0) is 40.3. The Kier molecular flexibility index (Phi) is 29.8. The molecule has 1 amide bonds. The van der Waals surface area contributed by atoms with Crippen LogP contribution in [-0.4, -0.2) is 25.7 Å². The zero-order valence-electron chi connectivity index (χ0n) is 36.5. The molecule has 0 spiro atoms. The number of nitrogens with one attached hydrogen (secondary N) is 1. The number of carbonyl (C=O) groups excluding carboxylic acids is 1. The topological polar surface area (TPSA) is 109 Å². The van der Waals surface area contributed by atoms with Crippen LogP contribution in [0.4, 0.5) is 17.1 Å². The average Bonchev–Trinajstić information content (AvgIpc) is 3.18. The molecule has 2 aromatic rings. The number of hydrogen-bond acceptors (Lipinski definition) is 6. The summed E-state index contributed by atoms with van der Waals surface area (Å²) in [6.45, 7) is 8.54. The lowest BCUT2D eigenvalue weighted by atomic mass is 10.1. The van der Waals surface area contributed by atoms with E-state index in [1.165, 1.54) is 154 Å². The molecule has 0 aliphatic rings. The highest BCUT2D eigenvalue weighted by molar-refractivity contribution is 6.05. The molecule has 0 saturated carbocycles. The monoisotopic (exact) mass is 780 g/mol. The van der Waals surface area contributed by atoms with Gasteiger partial charge in [-0.15, -0.1) is 0 Å². The Morgan fingerprint density at radius 3 is 1.07 bits per heavy atom. The highest BCUT2D eigenvalue weighted by atomic mass is 16.5. The molecule has 0 aliphatic heterocycles. The van der Waals surface area contributed by atoms with Gasteiger partial charge in [-0.3, -0.25) is 4.79 Å². The summed E-state index contributed by atoms with van der Waals surface area (Å²) < 4.78 is 19.4. The lowest BCUT2D eigenvalue weighted by Crippen LogP contribution is -2.14. The molecule has 0 fully saturated rings. The number of amides is 1. The Labute approximate surface area is 344 Å². The van der Waals surface area contributed by atoms with Crippen molar-refractivity contribution >= 4 is 23.0 Å². The quantitative estimate of drug-likeness (QED) is 0.0462. The van der Waals surface area contributed by atoms with E-state index in [1.54, 1.807) is 18.2 Å². The van der Waals surface area contributed by atoms with Crippen molar-refractivity contribution < 1.29 is 19.0 Å². The highest BCUT2D eigenvalue weighted by Crippen LogP contribution is 2.40. The summed E-state index contributed by atoms with van der Waals surface area (Å²) in [7, 11) is 0. The SMILES string of the molecule is CCCCCCCCCCCCOc1cc(C(=O)Nc2cc(N)cc(N)c2)cc(OCCCCCCCCCCCC)c1OCCCCCCCCCCCC. The Morgan fingerprint density at radius 1 is 0.429 bits per heavy atom. The molecule has 0 aromatic heterocycles. The van der Waals surface area contributed by atoms with Crippen molar-refractivity contribution in [1.82, 2.24) is 0 Å². The normalized spacial score (nSPS) is 11.2. The summed E-state index contributed by atoms with van der Waals surface area (Å²) in [5.41, 5.74) is 14.1. The van der Waals surface area contributed by atoms with E-state index in [0.717, 1.165) is 38.5 Å². The van der Waals surface area contributed by atoms with Crippen LogP contribution in [0.5, 0.6) is 17.2 Å². The van der Waals surface area contributed by atoms with Crippen LogP contribution in [0.25, 0.3) is 0 Å². The van der Waals surface area contributed by atoms with E-state index >= 15 is 0 Å². The van der Waals surface area contributed by atoms with Gasteiger partial charge in [0.1, 0.15) is 0 Å². The summed E-state index contributed by atoms with van der Waals surface area (Å²) in [4.78, 5) is 13.7. The van der Waals surface area contributed by atoms with Crippen molar-refractivity contribution in [2.45, 2.75) is 213 Å². The Morgan fingerprint density at radius 2 is 0.732 bits per heavy atom. The summed E-state index contributed by atoms with van der Waals surface area (Å²) in [6.07, 6.45) is 37.9. The van der Waals surface area contributed by atoms with Gasteiger partial charge < -0.3 is 31.0 Å². The number of ether oxygens (including phenoxy) is 3. The summed E-state index contributed by atoms with van der Waals surface area (Å²) in [5, 5.41) is 2.98. The molecule has 7 nitrogen and oxygen atoms in total. The van der Waals surface area contributed by atoms with E-state index in [9.17, 15) is 4.79 Å². The third-order valence-electron chi connectivity index (χ3n) is 10.8. The summed E-state index contributed by atoms with van der Waals surface area (Å²) in [5.74, 6) is 1.49. The molecule has 0 aliphatic carbocycles. The minimum atomic E-state index is -0.274. The predicted octanol–water partition coefficient (Wildman–Crippen LogP) is 15.0. The fourth-order valence-corrected chi connectivity index (χ4v) is 7.32. The van der Waals surface area contributed by atoms with E-state index in [2.05, 4.69) is 26.1 Å². The molecule has 0 saturated heterocycles. The van der Waals surface area contributed by atoms with Gasteiger partial charge in [-0.1, -0.05) is 194 Å². The van der Waals surface area contributed by atoms with E-state index in [0.29, 0.717) is 59.7 Å². The largest absolute Gasteiger partial charge is 0.490 e. The van der Waals surface area contributed by atoms with Crippen molar-refractivity contribution in [3.05, 3.63) is 35.9 Å². The summed E-state index contributed by atoms with van der Waals surface area (Å²) in [6, 6.07) is 8.72. The second-order valence-electron chi connectivity index (χ2n) is 16.2. The van der Waals surface area contributed by atoms with Crippen LogP contribution in [0.3, 0.4) is 0 Å². The number of unbranched alkanes of at least 4 members (excludes halogenated alkanes) is 27. The molecular weight excluding hydrogens is 695 g/mol. The van der Waals surface area contributed by atoms with Gasteiger partial charge >= 0.3 is 0 Å². The van der Waals surface area contributed by atoms with E-state index in [-0.39, 0.29) is 5.91 Å². The standard InChI is InChI=1S/C49H85N3O4/c1-4-7-10-13-16-19-22-25-28-31-34-54-46-37-42(49(53)52-45-40-43(50)39-44(51)41-45)38-47(55-35-32-29-26-23-20-17-14-11-8-5-2)48(46)56-36-33-30-27-24-21-18-15-12-9-6-3/h37-41H,4-36,50-51H2,1-3H3,(H,52,53). The van der Waals surface area contributed by atoms with E-state index in [4.69, 9.17) is 25.7 Å². The number of rotatable bonds is 38. The lowest BCUT2D eigenvalue weighted by molar-refractivity contribution is 0.102. The van der Waals surface area contributed by atoms with Gasteiger partial charge in [0.15, 0.2) is 11.5 Å². The number of anilines is 3. The van der Waals surface area contributed by atoms with Crippen molar-refractivity contribution in [3.63, 3.8) is 0 Å². The van der Waals surface area contributed by atoms with Gasteiger partial charge in [-0.2, -0.15) is 0 Å². The van der Waals surface area contributed by atoms with Crippen LogP contribution in [0, 0.1) is 0 Å². The van der Waals surface area contributed by atoms with Crippen molar-refractivity contribution in [3.8, 4) is 17.2 Å². The Hall–Kier alpha value is -3.09. The van der Waals surface area contributed by atoms with Gasteiger partial charge in [-0.25, -0.2) is 0 Å². The van der Waals surface area contributed by atoms with Crippen LogP contribution in [-0.2, 0) is 0 Å². The number of nitrogen functional groups attached to an aromatic ring is 2. The number of hydrogen-bond donors (Lipinski definition) is 3. The first-order valence-corrected chi connectivity index (χ1v) is 23.5.